The summed E-state index contributed by atoms with van der Waals surface area (Å²) in [6.07, 6.45) is 0.277. The van der Waals surface area contributed by atoms with Crippen molar-refractivity contribution in [2.45, 2.75) is 50.9 Å². The van der Waals surface area contributed by atoms with E-state index in [0.29, 0.717) is 0 Å². The Labute approximate surface area is 103 Å². The summed E-state index contributed by atoms with van der Waals surface area (Å²) in [5.74, 6) is 0.175. The standard InChI is InChI=1S/C14H21NO2/c1-4-14(3)12(11-8-6-5-7-9-11)13(10(2)16)17-15-14/h5-10,12-13,15-16H,4H2,1-3H3/t10-,12-,13+,14-/m1/s1. The largest absolute Gasteiger partial charge is 0.391 e. The summed E-state index contributed by atoms with van der Waals surface area (Å²) >= 11 is 0. The summed E-state index contributed by atoms with van der Waals surface area (Å²) in [5, 5.41) is 9.85. The number of hydrogen-bond acceptors (Lipinski definition) is 3. The highest BCUT2D eigenvalue weighted by atomic mass is 16.7. The zero-order valence-corrected chi connectivity index (χ0v) is 10.7. The van der Waals surface area contributed by atoms with Crippen molar-refractivity contribution in [1.82, 2.24) is 5.48 Å². The molecule has 0 spiro atoms. The van der Waals surface area contributed by atoms with Crippen molar-refractivity contribution in [3.8, 4) is 0 Å². The third-order valence-electron chi connectivity index (χ3n) is 3.81. The third kappa shape index (κ3) is 2.23. The number of rotatable bonds is 3. The molecule has 94 valence electrons. The van der Waals surface area contributed by atoms with Gasteiger partial charge in [0, 0.05) is 11.5 Å². The van der Waals surface area contributed by atoms with Crippen LogP contribution in [0.2, 0.25) is 0 Å². The molecule has 0 amide bonds. The van der Waals surface area contributed by atoms with Crippen LogP contribution in [0.1, 0.15) is 38.7 Å². The molecule has 2 N–H and O–H groups in total. The van der Waals surface area contributed by atoms with E-state index in [1.165, 1.54) is 5.56 Å². The van der Waals surface area contributed by atoms with E-state index in [1.807, 2.05) is 18.2 Å². The lowest BCUT2D eigenvalue weighted by molar-refractivity contribution is -0.0463. The molecule has 1 fully saturated rings. The Morgan fingerprint density at radius 2 is 2.06 bits per heavy atom. The highest BCUT2D eigenvalue weighted by molar-refractivity contribution is 5.26. The van der Waals surface area contributed by atoms with Gasteiger partial charge in [-0.1, -0.05) is 37.3 Å². The smallest absolute Gasteiger partial charge is 0.113 e. The van der Waals surface area contributed by atoms with Gasteiger partial charge in [-0.05, 0) is 25.8 Å². The van der Waals surface area contributed by atoms with Crippen LogP contribution < -0.4 is 5.48 Å². The lowest BCUT2D eigenvalue weighted by atomic mass is 9.76. The predicted molar refractivity (Wildman–Crippen MR) is 67.6 cm³/mol. The topological polar surface area (TPSA) is 41.5 Å². The second-order valence-corrected chi connectivity index (χ2v) is 5.08. The molecule has 1 aliphatic rings. The minimum Gasteiger partial charge on any atom is -0.391 e. The fourth-order valence-electron chi connectivity index (χ4n) is 2.58. The van der Waals surface area contributed by atoms with Crippen molar-refractivity contribution in [1.29, 1.82) is 0 Å². The van der Waals surface area contributed by atoms with E-state index in [9.17, 15) is 5.11 Å². The van der Waals surface area contributed by atoms with Crippen molar-refractivity contribution in [2.75, 3.05) is 0 Å². The van der Waals surface area contributed by atoms with Crippen LogP contribution in [0.4, 0.5) is 0 Å². The highest BCUT2D eigenvalue weighted by Crippen LogP contribution is 2.40. The first-order valence-corrected chi connectivity index (χ1v) is 6.24. The molecule has 4 atom stereocenters. The maximum atomic E-state index is 9.85. The van der Waals surface area contributed by atoms with Crippen molar-refractivity contribution >= 4 is 0 Å². The summed E-state index contributed by atoms with van der Waals surface area (Å²) in [7, 11) is 0. The van der Waals surface area contributed by atoms with E-state index in [-0.39, 0.29) is 17.6 Å². The van der Waals surface area contributed by atoms with E-state index in [4.69, 9.17) is 4.84 Å². The van der Waals surface area contributed by atoms with E-state index < -0.39 is 6.10 Å². The van der Waals surface area contributed by atoms with Gasteiger partial charge in [0.15, 0.2) is 0 Å². The van der Waals surface area contributed by atoms with Gasteiger partial charge in [-0.15, -0.1) is 0 Å². The Balaban J connectivity index is 2.37. The maximum Gasteiger partial charge on any atom is 0.113 e. The van der Waals surface area contributed by atoms with Gasteiger partial charge in [0.25, 0.3) is 0 Å². The van der Waals surface area contributed by atoms with Crippen LogP contribution in [0.25, 0.3) is 0 Å². The lowest BCUT2D eigenvalue weighted by Gasteiger charge is -2.31. The minimum atomic E-state index is -0.485. The van der Waals surface area contributed by atoms with E-state index in [1.54, 1.807) is 6.92 Å². The van der Waals surface area contributed by atoms with Crippen LogP contribution in [0.3, 0.4) is 0 Å². The van der Waals surface area contributed by atoms with E-state index in [0.717, 1.165) is 6.42 Å². The molecule has 1 aromatic rings. The van der Waals surface area contributed by atoms with Crippen LogP contribution in [-0.4, -0.2) is 22.9 Å². The summed E-state index contributed by atoms with van der Waals surface area (Å²) in [4.78, 5) is 5.59. The molecule has 3 nitrogen and oxygen atoms in total. The molecule has 0 radical (unpaired) electrons. The average Bonchev–Trinajstić information content (AvgIpc) is 2.69. The molecular formula is C14H21NO2. The fourth-order valence-corrected chi connectivity index (χ4v) is 2.58. The van der Waals surface area contributed by atoms with Gasteiger partial charge in [-0.2, -0.15) is 5.48 Å². The van der Waals surface area contributed by atoms with Crippen LogP contribution in [0.5, 0.6) is 0 Å². The number of hydroxylamine groups is 1. The molecule has 1 heterocycles. The van der Waals surface area contributed by atoms with Gasteiger partial charge in [0.2, 0.25) is 0 Å². The van der Waals surface area contributed by atoms with Crippen molar-refractivity contribution in [2.24, 2.45) is 0 Å². The Morgan fingerprint density at radius 1 is 1.41 bits per heavy atom. The van der Waals surface area contributed by atoms with Gasteiger partial charge in [-0.25, -0.2) is 0 Å². The molecule has 1 aromatic carbocycles. The molecule has 0 aromatic heterocycles. The number of benzene rings is 1. The number of nitrogens with one attached hydrogen (secondary N) is 1. The van der Waals surface area contributed by atoms with Crippen LogP contribution in [-0.2, 0) is 4.84 Å². The molecule has 17 heavy (non-hydrogen) atoms. The molecule has 0 bridgehead atoms. The number of aliphatic hydroxyl groups excluding tert-OH is 1. The summed E-state index contributed by atoms with van der Waals surface area (Å²) < 4.78 is 0. The first kappa shape index (κ1) is 12.6. The second-order valence-electron chi connectivity index (χ2n) is 5.08. The zero-order chi connectivity index (χ0) is 12.5. The van der Waals surface area contributed by atoms with Gasteiger partial charge < -0.3 is 5.11 Å². The molecule has 3 heteroatoms. The van der Waals surface area contributed by atoms with Gasteiger partial charge in [0.05, 0.1) is 6.10 Å². The van der Waals surface area contributed by atoms with Crippen molar-refractivity contribution < 1.29 is 9.94 Å². The van der Waals surface area contributed by atoms with Gasteiger partial charge >= 0.3 is 0 Å². The molecule has 1 aliphatic heterocycles. The van der Waals surface area contributed by atoms with Crippen molar-refractivity contribution in [3.63, 3.8) is 0 Å². The SMILES string of the molecule is CC[C@@]1(C)NO[C@@H]([C@@H](C)O)[C@H]1c1ccccc1. The molecule has 0 unspecified atom stereocenters. The first-order valence-electron chi connectivity index (χ1n) is 6.24. The number of hydrogen-bond donors (Lipinski definition) is 2. The summed E-state index contributed by atoms with van der Waals surface area (Å²) in [6.45, 7) is 6.06. The molecule has 0 saturated carbocycles. The first-order chi connectivity index (χ1) is 8.08. The minimum absolute atomic E-state index is 0.122. The Morgan fingerprint density at radius 3 is 2.59 bits per heavy atom. The Hall–Kier alpha value is -0.900. The monoisotopic (exact) mass is 235 g/mol. The predicted octanol–water partition coefficient (Wildman–Crippen LogP) is 2.22. The average molecular weight is 235 g/mol. The molecule has 1 saturated heterocycles. The van der Waals surface area contributed by atoms with E-state index >= 15 is 0 Å². The molecule has 2 rings (SSSR count). The molecule has 0 aliphatic carbocycles. The highest BCUT2D eigenvalue weighted by Gasteiger charge is 2.47. The Bertz CT molecular complexity index is 366. The van der Waals surface area contributed by atoms with Gasteiger partial charge in [0.1, 0.15) is 6.10 Å². The normalized spacial score (nSPS) is 34.8. The quantitative estimate of drug-likeness (QED) is 0.844. The second kappa shape index (κ2) is 4.77. The van der Waals surface area contributed by atoms with Gasteiger partial charge in [-0.3, -0.25) is 4.84 Å². The van der Waals surface area contributed by atoms with Crippen molar-refractivity contribution in [3.05, 3.63) is 35.9 Å². The fraction of sp³-hybridized carbons (Fsp3) is 0.571. The zero-order valence-electron chi connectivity index (χ0n) is 10.7. The Kier molecular flexibility index (Phi) is 3.52. The third-order valence-corrected chi connectivity index (χ3v) is 3.81. The van der Waals surface area contributed by atoms with E-state index in [2.05, 4.69) is 31.5 Å². The summed E-state index contributed by atoms with van der Waals surface area (Å²) in [5.41, 5.74) is 4.20. The molecular weight excluding hydrogens is 214 g/mol. The van der Waals surface area contributed by atoms with Crippen LogP contribution in [0, 0.1) is 0 Å². The number of aliphatic hydroxyl groups is 1. The van der Waals surface area contributed by atoms with Crippen LogP contribution >= 0.6 is 0 Å². The maximum absolute atomic E-state index is 9.85. The lowest BCUT2D eigenvalue weighted by Crippen LogP contribution is -2.41. The van der Waals surface area contributed by atoms with Crippen LogP contribution in [0.15, 0.2) is 30.3 Å². The summed E-state index contributed by atoms with van der Waals surface area (Å²) in [6, 6.07) is 10.3.